The molecule has 0 bridgehead atoms. The molecule has 0 aromatic carbocycles. The van der Waals surface area contributed by atoms with Gasteiger partial charge in [0.25, 0.3) is 9.04 Å². The van der Waals surface area contributed by atoms with Crippen LogP contribution in [0.5, 0.6) is 0 Å². The minimum Gasteiger partial charge on any atom is -0.409 e. The summed E-state index contributed by atoms with van der Waals surface area (Å²) in [6.45, 7) is 5.44. The van der Waals surface area contributed by atoms with E-state index >= 15 is 0 Å². The van der Waals surface area contributed by atoms with Crippen molar-refractivity contribution in [1.82, 2.24) is 0 Å². The molecular weight excluding hydrogens is 116 g/mol. The third-order valence-corrected chi connectivity index (χ3v) is 1.77. The lowest BCUT2D eigenvalue weighted by molar-refractivity contribution is 0.435. The van der Waals surface area contributed by atoms with Crippen molar-refractivity contribution in [2.75, 3.05) is 7.11 Å². The topological polar surface area (TPSA) is 9.23 Å². The van der Waals surface area contributed by atoms with Gasteiger partial charge in [-0.25, -0.2) is 0 Å². The van der Waals surface area contributed by atoms with Crippen molar-refractivity contribution >= 4 is 9.04 Å². The molecule has 0 aromatic heterocycles. The molecule has 0 spiro atoms. The van der Waals surface area contributed by atoms with Gasteiger partial charge in [-0.2, -0.15) is 0 Å². The zero-order valence-corrected chi connectivity index (χ0v) is 6.19. The predicted molar refractivity (Wildman–Crippen MR) is 36.6 cm³/mol. The fraction of sp³-hybridized carbons (Fsp3) is 0.333. The van der Waals surface area contributed by atoms with Gasteiger partial charge in [0.1, 0.15) is 0 Å². The maximum Gasteiger partial charge on any atom is 0.299 e. The van der Waals surface area contributed by atoms with Gasteiger partial charge in [0.2, 0.25) is 0 Å². The summed E-state index contributed by atoms with van der Waals surface area (Å²) in [6.07, 6.45) is 1.58. The molecule has 0 saturated heterocycles. The van der Waals surface area contributed by atoms with Gasteiger partial charge in [-0.1, -0.05) is 18.0 Å². The summed E-state index contributed by atoms with van der Waals surface area (Å²) in [5.74, 6) is 2.73. The highest BCUT2D eigenvalue weighted by atomic mass is 28.3. The number of rotatable bonds is 1. The molecule has 0 N–H and O–H groups in total. The molecule has 0 aromatic rings. The zero-order chi connectivity index (χ0) is 6.41. The lowest BCUT2D eigenvalue weighted by Crippen LogP contribution is -2.05. The van der Waals surface area contributed by atoms with E-state index in [-0.39, 0.29) is 0 Å². The van der Waals surface area contributed by atoms with Crippen LogP contribution in [-0.2, 0) is 4.43 Å². The number of allylic oxidation sites excluding steroid dienone is 1. The highest BCUT2D eigenvalue weighted by Crippen LogP contribution is 1.75. The second kappa shape index (κ2) is 4.63. The van der Waals surface area contributed by atoms with Crippen molar-refractivity contribution in [2.45, 2.75) is 6.55 Å². The van der Waals surface area contributed by atoms with Crippen LogP contribution in [0.15, 0.2) is 12.7 Å². The lowest BCUT2D eigenvalue weighted by Gasteiger charge is -1.91. The molecule has 0 fully saturated rings. The van der Waals surface area contributed by atoms with Crippen molar-refractivity contribution < 1.29 is 4.43 Å². The maximum atomic E-state index is 4.93. The molecule has 43 valence electrons. The quantitative estimate of drug-likeness (QED) is 0.375. The van der Waals surface area contributed by atoms with Crippen LogP contribution in [0.25, 0.3) is 0 Å². The Kier molecular flexibility index (Phi) is 4.33. The normalized spacial score (nSPS) is 7.88. The molecule has 0 unspecified atom stereocenters. The van der Waals surface area contributed by atoms with Gasteiger partial charge in [-0.3, -0.25) is 0 Å². The predicted octanol–water partition coefficient (Wildman–Crippen LogP) is 0.983. The summed E-state index contributed by atoms with van der Waals surface area (Å²) >= 11 is 0. The summed E-state index contributed by atoms with van der Waals surface area (Å²) < 4.78 is 4.93. The monoisotopic (exact) mass is 125 g/mol. The Bertz CT molecular complexity index is 120. The highest BCUT2D eigenvalue weighted by Gasteiger charge is 1.93. The summed E-state index contributed by atoms with van der Waals surface area (Å²) in [6, 6.07) is 0. The van der Waals surface area contributed by atoms with E-state index in [1.54, 1.807) is 13.2 Å². The van der Waals surface area contributed by atoms with Gasteiger partial charge in [-0.05, 0) is 12.6 Å². The van der Waals surface area contributed by atoms with Crippen LogP contribution in [0.2, 0.25) is 6.55 Å². The molecule has 0 saturated carbocycles. The van der Waals surface area contributed by atoms with Crippen LogP contribution in [-0.4, -0.2) is 16.2 Å². The third kappa shape index (κ3) is 3.66. The molecule has 1 radical (unpaired) electrons. The summed E-state index contributed by atoms with van der Waals surface area (Å²) in [5, 5.41) is 0. The summed E-state index contributed by atoms with van der Waals surface area (Å²) in [4.78, 5) is 0. The smallest absolute Gasteiger partial charge is 0.299 e. The van der Waals surface area contributed by atoms with Gasteiger partial charge in [0.05, 0.1) is 0 Å². The van der Waals surface area contributed by atoms with Crippen molar-refractivity contribution in [1.29, 1.82) is 0 Å². The minimum atomic E-state index is -0.824. The first kappa shape index (κ1) is 7.48. The minimum absolute atomic E-state index is 0.824. The van der Waals surface area contributed by atoms with Crippen molar-refractivity contribution in [3.8, 4) is 11.5 Å². The molecule has 0 heterocycles. The van der Waals surface area contributed by atoms with Crippen LogP contribution >= 0.6 is 0 Å². The van der Waals surface area contributed by atoms with E-state index in [0.29, 0.717) is 0 Å². The average Bonchev–Trinajstić information content (AvgIpc) is 1.83. The Hall–Kier alpha value is -0.523. The van der Waals surface area contributed by atoms with E-state index < -0.39 is 9.04 Å². The van der Waals surface area contributed by atoms with Crippen molar-refractivity contribution in [3.05, 3.63) is 12.7 Å². The largest absolute Gasteiger partial charge is 0.409 e. The first-order valence-electron chi connectivity index (χ1n) is 2.31. The maximum absolute atomic E-state index is 4.93. The molecule has 1 nitrogen and oxygen atoms in total. The lowest BCUT2D eigenvalue weighted by atomic mass is 10.7. The third-order valence-electron chi connectivity index (χ3n) is 0.656. The highest BCUT2D eigenvalue weighted by molar-refractivity contribution is 6.59. The standard InChI is InChI=1S/C6H9OSi/c1-4-5-6-8(3)7-2/h4H,1H2,2-3H3. The second-order valence-corrected chi connectivity index (χ2v) is 3.00. The molecule has 0 atom stereocenters. The first-order valence-corrected chi connectivity index (χ1v) is 4.22. The van der Waals surface area contributed by atoms with Gasteiger partial charge in [0, 0.05) is 7.11 Å². The van der Waals surface area contributed by atoms with E-state index in [9.17, 15) is 0 Å². The van der Waals surface area contributed by atoms with Gasteiger partial charge in [0.15, 0.2) is 0 Å². The van der Waals surface area contributed by atoms with Gasteiger partial charge < -0.3 is 4.43 Å². The van der Waals surface area contributed by atoms with Crippen molar-refractivity contribution in [2.24, 2.45) is 0 Å². The van der Waals surface area contributed by atoms with E-state index in [2.05, 4.69) is 18.0 Å². The Balaban J connectivity index is 3.50. The SMILES string of the molecule is C=CC#C[Si](C)OC. The second-order valence-electron chi connectivity index (χ2n) is 1.23. The van der Waals surface area contributed by atoms with Gasteiger partial charge in [-0.15, -0.1) is 0 Å². The van der Waals surface area contributed by atoms with E-state index in [1.165, 1.54) is 0 Å². The average molecular weight is 125 g/mol. The number of hydrogen-bond donors (Lipinski definition) is 0. The molecular formula is C6H9OSi. The molecule has 0 aliphatic carbocycles. The van der Waals surface area contributed by atoms with Crippen LogP contribution in [0.4, 0.5) is 0 Å². The fourth-order valence-corrected chi connectivity index (χ4v) is 0.611. The Morgan fingerprint density at radius 2 is 2.38 bits per heavy atom. The Labute approximate surface area is 52.1 Å². The Morgan fingerprint density at radius 1 is 1.75 bits per heavy atom. The molecule has 8 heavy (non-hydrogen) atoms. The number of hydrogen-bond acceptors (Lipinski definition) is 1. The first-order chi connectivity index (χ1) is 3.81. The van der Waals surface area contributed by atoms with Crippen LogP contribution in [0, 0.1) is 11.5 Å². The van der Waals surface area contributed by atoms with Crippen molar-refractivity contribution in [3.63, 3.8) is 0 Å². The van der Waals surface area contributed by atoms with Crippen LogP contribution in [0.1, 0.15) is 0 Å². The molecule has 2 heteroatoms. The van der Waals surface area contributed by atoms with E-state index in [1.807, 2.05) is 6.55 Å². The Morgan fingerprint density at radius 3 is 2.75 bits per heavy atom. The fourth-order valence-electron chi connectivity index (χ4n) is 0.204. The zero-order valence-electron chi connectivity index (χ0n) is 5.19. The van der Waals surface area contributed by atoms with Crippen LogP contribution < -0.4 is 0 Å². The van der Waals surface area contributed by atoms with Crippen LogP contribution in [0.3, 0.4) is 0 Å². The molecule has 0 rings (SSSR count). The molecule has 0 amide bonds. The van der Waals surface area contributed by atoms with E-state index in [0.717, 1.165) is 0 Å². The summed E-state index contributed by atoms with van der Waals surface area (Å²) in [7, 11) is 0.849. The van der Waals surface area contributed by atoms with E-state index in [4.69, 9.17) is 4.43 Å². The molecule has 0 aliphatic heterocycles. The molecule has 0 aliphatic rings. The summed E-state index contributed by atoms with van der Waals surface area (Å²) in [5.41, 5.74) is 2.89. The van der Waals surface area contributed by atoms with Gasteiger partial charge >= 0.3 is 0 Å².